The molecule has 0 spiro atoms. The summed E-state index contributed by atoms with van der Waals surface area (Å²) >= 11 is 0. The molecule has 6 nitrogen and oxygen atoms in total. The molecule has 0 aliphatic heterocycles. The van der Waals surface area contributed by atoms with Crippen molar-refractivity contribution in [3.05, 3.63) is 53.5 Å². The van der Waals surface area contributed by atoms with E-state index >= 15 is 0 Å². The van der Waals surface area contributed by atoms with Crippen LogP contribution >= 0.6 is 0 Å². The first-order chi connectivity index (χ1) is 11.9. The van der Waals surface area contributed by atoms with Gasteiger partial charge < -0.3 is 0 Å². The van der Waals surface area contributed by atoms with Gasteiger partial charge in [0.25, 0.3) is 10.0 Å². The van der Waals surface area contributed by atoms with Crippen LogP contribution in [0.15, 0.2) is 41.4 Å². The van der Waals surface area contributed by atoms with Gasteiger partial charge in [0.1, 0.15) is 0 Å². The molecule has 1 aliphatic carbocycles. The van der Waals surface area contributed by atoms with Crippen LogP contribution in [0.1, 0.15) is 42.1 Å². The Morgan fingerprint density at radius 1 is 1.20 bits per heavy atom. The van der Waals surface area contributed by atoms with Gasteiger partial charge in [0, 0.05) is 12.1 Å². The van der Waals surface area contributed by atoms with Crippen molar-refractivity contribution in [2.24, 2.45) is 0 Å². The van der Waals surface area contributed by atoms with Crippen LogP contribution in [0.25, 0.3) is 5.65 Å². The SMILES string of the molecule is Cc1ccc(C)c(S(=O)(=O)Nc2cccn3nc(C4CCC4)nc23)c1. The molecular formula is C18H20N4O2S. The van der Waals surface area contributed by atoms with Crippen molar-refractivity contribution < 1.29 is 8.42 Å². The van der Waals surface area contributed by atoms with Gasteiger partial charge in [0.05, 0.1) is 10.6 Å². The first kappa shape index (κ1) is 16.1. The van der Waals surface area contributed by atoms with Crippen LogP contribution in [-0.2, 0) is 10.0 Å². The summed E-state index contributed by atoms with van der Waals surface area (Å²) in [5.74, 6) is 1.19. The second-order valence-electron chi connectivity index (χ2n) is 6.66. The average Bonchev–Trinajstić information content (AvgIpc) is 2.92. The lowest BCUT2D eigenvalue weighted by molar-refractivity contribution is 0.402. The van der Waals surface area contributed by atoms with Gasteiger partial charge in [-0.3, -0.25) is 4.72 Å². The number of nitrogens with zero attached hydrogens (tertiary/aromatic N) is 3. The Kier molecular flexibility index (Phi) is 3.76. The molecule has 1 aromatic carbocycles. The molecule has 2 heterocycles. The summed E-state index contributed by atoms with van der Waals surface area (Å²) in [7, 11) is -3.69. The zero-order valence-electron chi connectivity index (χ0n) is 14.2. The fourth-order valence-corrected chi connectivity index (χ4v) is 4.43. The summed E-state index contributed by atoms with van der Waals surface area (Å²) < 4.78 is 30.0. The average molecular weight is 356 g/mol. The lowest BCUT2D eigenvalue weighted by Crippen LogP contribution is -2.15. The molecule has 0 saturated heterocycles. The van der Waals surface area contributed by atoms with Crippen LogP contribution in [0, 0.1) is 13.8 Å². The predicted octanol–water partition coefficient (Wildman–Crippen LogP) is 3.41. The first-order valence-electron chi connectivity index (χ1n) is 8.39. The molecule has 1 saturated carbocycles. The minimum atomic E-state index is -3.69. The number of sulfonamides is 1. The number of rotatable bonds is 4. The van der Waals surface area contributed by atoms with E-state index in [1.54, 1.807) is 35.8 Å². The molecule has 1 fully saturated rings. The Bertz CT molecular complexity index is 1050. The van der Waals surface area contributed by atoms with Gasteiger partial charge in [0.15, 0.2) is 11.5 Å². The van der Waals surface area contributed by atoms with Gasteiger partial charge >= 0.3 is 0 Å². The van der Waals surface area contributed by atoms with Crippen LogP contribution in [0.3, 0.4) is 0 Å². The molecule has 7 heteroatoms. The maximum absolute atomic E-state index is 12.9. The Labute approximate surface area is 147 Å². The molecule has 0 atom stereocenters. The van der Waals surface area contributed by atoms with Crippen molar-refractivity contribution in [1.82, 2.24) is 14.6 Å². The summed E-state index contributed by atoms with van der Waals surface area (Å²) in [6.45, 7) is 3.67. The molecule has 0 unspecified atom stereocenters. The zero-order valence-corrected chi connectivity index (χ0v) is 15.0. The summed E-state index contributed by atoms with van der Waals surface area (Å²) in [6, 6.07) is 8.89. The normalized spacial score (nSPS) is 15.3. The fraction of sp³-hybridized carbons (Fsp3) is 0.333. The minimum absolute atomic E-state index is 0.285. The highest BCUT2D eigenvalue weighted by molar-refractivity contribution is 7.92. The molecule has 3 aromatic rings. The van der Waals surface area contributed by atoms with Crippen molar-refractivity contribution >= 4 is 21.4 Å². The molecular weight excluding hydrogens is 336 g/mol. The van der Waals surface area contributed by atoms with E-state index in [1.807, 2.05) is 19.1 Å². The smallest absolute Gasteiger partial charge is 0.262 e. The van der Waals surface area contributed by atoms with Crippen LogP contribution in [0.5, 0.6) is 0 Å². The monoisotopic (exact) mass is 356 g/mol. The van der Waals surface area contributed by atoms with Gasteiger partial charge in [-0.05, 0) is 56.0 Å². The van der Waals surface area contributed by atoms with Crippen LogP contribution in [0.2, 0.25) is 0 Å². The maximum Gasteiger partial charge on any atom is 0.262 e. The molecule has 0 radical (unpaired) electrons. The number of benzene rings is 1. The molecule has 1 N–H and O–H groups in total. The number of pyridine rings is 1. The standard InChI is InChI=1S/C18H20N4O2S/c1-12-8-9-13(2)16(11-12)25(23,24)21-15-7-4-10-22-18(15)19-17(20-22)14-5-3-6-14/h4,7-11,14,21H,3,5-6H2,1-2H3. The summed E-state index contributed by atoms with van der Waals surface area (Å²) in [5, 5.41) is 4.50. The number of hydrogen-bond donors (Lipinski definition) is 1. The van der Waals surface area contributed by atoms with Crippen LogP contribution < -0.4 is 4.72 Å². The van der Waals surface area contributed by atoms with Crippen molar-refractivity contribution in [1.29, 1.82) is 0 Å². The van der Waals surface area contributed by atoms with E-state index in [1.165, 1.54) is 6.42 Å². The highest BCUT2D eigenvalue weighted by Gasteiger charge is 2.25. The van der Waals surface area contributed by atoms with E-state index in [0.29, 0.717) is 22.8 Å². The van der Waals surface area contributed by atoms with Gasteiger partial charge in [-0.1, -0.05) is 18.6 Å². The molecule has 0 bridgehead atoms. The number of hydrogen-bond acceptors (Lipinski definition) is 4. The largest absolute Gasteiger partial charge is 0.276 e. The van der Waals surface area contributed by atoms with Gasteiger partial charge in [-0.2, -0.15) is 5.10 Å². The molecule has 25 heavy (non-hydrogen) atoms. The second-order valence-corrected chi connectivity index (χ2v) is 8.31. The molecule has 1 aliphatic rings. The van der Waals surface area contributed by atoms with E-state index in [9.17, 15) is 8.42 Å². The first-order valence-corrected chi connectivity index (χ1v) is 9.88. The van der Waals surface area contributed by atoms with Gasteiger partial charge in [-0.25, -0.2) is 17.9 Å². The number of nitrogens with one attached hydrogen (secondary N) is 1. The van der Waals surface area contributed by atoms with Crippen molar-refractivity contribution in [3.8, 4) is 0 Å². The summed E-state index contributed by atoms with van der Waals surface area (Å²) in [5.41, 5.74) is 2.60. The van der Waals surface area contributed by atoms with Crippen molar-refractivity contribution in [2.75, 3.05) is 4.72 Å². The molecule has 0 amide bonds. The maximum atomic E-state index is 12.9. The van der Waals surface area contributed by atoms with E-state index < -0.39 is 10.0 Å². The zero-order chi connectivity index (χ0) is 17.6. The van der Waals surface area contributed by atoms with E-state index in [4.69, 9.17) is 0 Å². The second kappa shape index (κ2) is 5.84. The Hall–Kier alpha value is -2.41. The third-order valence-corrected chi connectivity index (χ3v) is 6.23. The Balaban J connectivity index is 1.74. The summed E-state index contributed by atoms with van der Waals surface area (Å²) in [4.78, 5) is 4.86. The Morgan fingerprint density at radius 3 is 2.72 bits per heavy atom. The molecule has 2 aromatic heterocycles. The number of aromatic nitrogens is 3. The van der Waals surface area contributed by atoms with E-state index in [2.05, 4.69) is 14.8 Å². The lowest BCUT2D eigenvalue weighted by atomic mass is 9.85. The fourth-order valence-electron chi connectivity index (χ4n) is 3.04. The highest BCUT2D eigenvalue weighted by Crippen LogP contribution is 2.35. The quantitative estimate of drug-likeness (QED) is 0.777. The highest BCUT2D eigenvalue weighted by atomic mass is 32.2. The van der Waals surface area contributed by atoms with Gasteiger partial charge in [-0.15, -0.1) is 0 Å². The van der Waals surface area contributed by atoms with Crippen LogP contribution in [-0.4, -0.2) is 23.0 Å². The predicted molar refractivity (Wildman–Crippen MR) is 96.3 cm³/mol. The summed E-state index contributed by atoms with van der Waals surface area (Å²) in [6.07, 6.45) is 5.19. The number of aryl methyl sites for hydroxylation is 2. The number of fused-ring (bicyclic) bond motifs is 1. The van der Waals surface area contributed by atoms with Crippen LogP contribution in [0.4, 0.5) is 5.69 Å². The van der Waals surface area contributed by atoms with Gasteiger partial charge in [0.2, 0.25) is 0 Å². The van der Waals surface area contributed by atoms with E-state index in [0.717, 1.165) is 24.2 Å². The molecule has 130 valence electrons. The van der Waals surface area contributed by atoms with Crippen molar-refractivity contribution in [2.45, 2.75) is 43.9 Å². The molecule has 4 rings (SSSR count). The topological polar surface area (TPSA) is 76.4 Å². The Morgan fingerprint density at radius 2 is 2.00 bits per heavy atom. The van der Waals surface area contributed by atoms with E-state index in [-0.39, 0.29) is 4.90 Å². The lowest BCUT2D eigenvalue weighted by Gasteiger charge is -2.21. The third-order valence-electron chi connectivity index (χ3n) is 4.73. The van der Waals surface area contributed by atoms with Crippen molar-refractivity contribution in [3.63, 3.8) is 0 Å². The minimum Gasteiger partial charge on any atom is -0.276 e. The third kappa shape index (κ3) is 2.89. The number of anilines is 1.